The number of anilines is 2. The summed E-state index contributed by atoms with van der Waals surface area (Å²) >= 11 is 0. The van der Waals surface area contributed by atoms with Gasteiger partial charge in [-0.3, -0.25) is 9.71 Å². The maximum Gasteiger partial charge on any atom is 0.322 e. The second-order valence-electron chi connectivity index (χ2n) is 7.39. The topological polar surface area (TPSA) is 142 Å². The Hall–Kier alpha value is -3.64. The number of hydrogen-bond donors (Lipinski definition) is 4. The molecule has 0 unspecified atom stereocenters. The highest BCUT2D eigenvalue weighted by atomic mass is 32.2. The average molecular weight is 491 g/mol. The van der Waals surface area contributed by atoms with Crippen molar-refractivity contribution in [2.45, 2.75) is 6.92 Å². The van der Waals surface area contributed by atoms with Crippen molar-refractivity contribution in [1.29, 1.82) is 5.41 Å². The van der Waals surface area contributed by atoms with Gasteiger partial charge in [0, 0.05) is 5.71 Å². The Morgan fingerprint density at radius 1 is 1.29 bits per heavy atom. The lowest BCUT2D eigenvalue weighted by Gasteiger charge is -2.24. The van der Waals surface area contributed by atoms with E-state index < -0.39 is 16.0 Å². The molecular formula is C22H27FN6O4S. The number of halogens is 1. The average Bonchev–Trinajstić information content (AvgIpc) is 2.80. The highest BCUT2D eigenvalue weighted by Crippen LogP contribution is 2.30. The smallest absolute Gasteiger partial charge is 0.322 e. The first-order valence-electron chi connectivity index (χ1n) is 10.3. The minimum absolute atomic E-state index is 0.0342. The van der Waals surface area contributed by atoms with E-state index in [9.17, 15) is 12.8 Å². The fourth-order valence-corrected chi connectivity index (χ4v) is 4.13. The van der Waals surface area contributed by atoms with E-state index in [0.29, 0.717) is 23.6 Å². The van der Waals surface area contributed by atoms with Gasteiger partial charge in [-0.2, -0.15) is 8.42 Å². The van der Waals surface area contributed by atoms with Crippen molar-refractivity contribution in [3.63, 3.8) is 0 Å². The number of hydrogen-bond acceptors (Lipinski definition) is 8. The number of methoxy groups -OCH3 is 1. The number of nitrogens with zero attached hydrogens (tertiary/aromatic N) is 2. The monoisotopic (exact) mass is 490 g/mol. The van der Waals surface area contributed by atoms with E-state index in [1.807, 2.05) is 0 Å². The lowest BCUT2D eigenvalue weighted by molar-refractivity contribution is 0.233. The lowest BCUT2D eigenvalue weighted by atomic mass is 10.1. The van der Waals surface area contributed by atoms with Gasteiger partial charge < -0.3 is 25.5 Å². The summed E-state index contributed by atoms with van der Waals surface area (Å²) in [5, 5.41) is 7.74. The van der Waals surface area contributed by atoms with Gasteiger partial charge in [-0.1, -0.05) is 6.07 Å². The van der Waals surface area contributed by atoms with Crippen molar-refractivity contribution in [2.75, 3.05) is 43.1 Å². The lowest BCUT2D eigenvalue weighted by Crippen LogP contribution is -2.38. The minimum atomic E-state index is -4.06. The third kappa shape index (κ3) is 6.68. The van der Waals surface area contributed by atoms with Crippen molar-refractivity contribution in [1.82, 2.24) is 4.72 Å². The van der Waals surface area contributed by atoms with Crippen molar-refractivity contribution in [2.24, 2.45) is 10.7 Å². The summed E-state index contributed by atoms with van der Waals surface area (Å²) in [6.07, 6.45) is 1.64. The van der Waals surface area contributed by atoms with Crippen LogP contribution >= 0.6 is 0 Å². The van der Waals surface area contributed by atoms with Gasteiger partial charge in [0.05, 0.1) is 38.2 Å². The van der Waals surface area contributed by atoms with E-state index in [4.69, 9.17) is 20.6 Å². The first-order valence-corrected chi connectivity index (χ1v) is 11.8. The summed E-state index contributed by atoms with van der Waals surface area (Å²) in [5.41, 5.74) is 7.89. The molecule has 0 aromatic heterocycles. The van der Waals surface area contributed by atoms with E-state index in [1.54, 1.807) is 36.1 Å². The zero-order valence-corrected chi connectivity index (χ0v) is 19.7. The number of aliphatic imine (C=N–C) groups is 1. The number of ether oxygens (including phenoxy) is 2. The SMILES string of the molecule is COc1cc(C=C2OCCN=C2NS(=O)(=O)Nc2ccc(F)cc2)ccc1N(CN)CC(C)=N. The van der Waals surface area contributed by atoms with Crippen LogP contribution in [0.5, 0.6) is 5.75 Å². The highest BCUT2D eigenvalue weighted by Gasteiger charge is 2.21. The van der Waals surface area contributed by atoms with E-state index in [0.717, 1.165) is 17.8 Å². The summed E-state index contributed by atoms with van der Waals surface area (Å²) < 4.78 is 54.0. The summed E-state index contributed by atoms with van der Waals surface area (Å²) in [6.45, 7) is 2.83. The molecule has 0 spiro atoms. The van der Waals surface area contributed by atoms with Gasteiger partial charge in [0.1, 0.15) is 18.2 Å². The van der Waals surface area contributed by atoms with Gasteiger partial charge in [-0.15, -0.1) is 0 Å². The Morgan fingerprint density at radius 3 is 2.68 bits per heavy atom. The van der Waals surface area contributed by atoms with Crippen molar-refractivity contribution in [3.05, 3.63) is 59.6 Å². The van der Waals surface area contributed by atoms with Crippen molar-refractivity contribution < 1.29 is 22.3 Å². The molecule has 3 rings (SSSR count). The maximum absolute atomic E-state index is 13.1. The van der Waals surface area contributed by atoms with E-state index in [-0.39, 0.29) is 37.1 Å². The fourth-order valence-electron chi connectivity index (χ4n) is 3.21. The largest absolute Gasteiger partial charge is 0.495 e. The molecule has 1 heterocycles. The van der Waals surface area contributed by atoms with Crippen molar-refractivity contribution in [3.8, 4) is 5.75 Å². The molecule has 12 heteroatoms. The van der Waals surface area contributed by atoms with Gasteiger partial charge in [-0.05, 0) is 55.0 Å². The van der Waals surface area contributed by atoms with E-state index >= 15 is 0 Å². The minimum Gasteiger partial charge on any atom is -0.495 e. The first-order chi connectivity index (χ1) is 16.2. The van der Waals surface area contributed by atoms with Crippen LogP contribution in [0, 0.1) is 11.2 Å². The highest BCUT2D eigenvalue weighted by molar-refractivity contribution is 7.91. The summed E-state index contributed by atoms with van der Waals surface area (Å²) in [7, 11) is -2.53. The fraction of sp³-hybridized carbons (Fsp3) is 0.273. The molecule has 10 nitrogen and oxygen atoms in total. The molecule has 34 heavy (non-hydrogen) atoms. The molecule has 5 N–H and O–H groups in total. The van der Waals surface area contributed by atoms with Crippen molar-refractivity contribution >= 4 is 39.2 Å². The number of benzene rings is 2. The van der Waals surface area contributed by atoms with Gasteiger partial charge in [-0.25, -0.2) is 9.11 Å². The summed E-state index contributed by atoms with van der Waals surface area (Å²) in [4.78, 5) is 6.04. The normalized spacial score (nSPS) is 14.7. The number of nitrogens with one attached hydrogen (secondary N) is 3. The second-order valence-corrected chi connectivity index (χ2v) is 8.81. The van der Waals surface area contributed by atoms with Crippen LogP contribution in [-0.4, -0.2) is 53.4 Å². The van der Waals surface area contributed by atoms with Gasteiger partial charge in [0.2, 0.25) is 0 Å². The molecule has 0 atom stereocenters. The molecule has 0 saturated heterocycles. The van der Waals surface area contributed by atoms with Crippen LogP contribution in [0.3, 0.4) is 0 Å². The second kappa shape index (κ2) is 11.0. The Labute approximate surface area is 198 Å². The standard InChI is InChI=1S/C22H27FN6O4S/c1-15(25)13-29(14-24)19-8-3-16(11-20(19)32-2)12-21-22(26-9-10-33-21)28-34(30,31)27-18-6-4-17(23)5-7-18/h3-8,11-12,25,27H,9-10,13-14,24H2,1-2H3,(H,26,28). The van der Waals surface area contributed by atoms with Gasteiger partial charge >= 0.3 is 10.2 Å². The molecule has 2 aromatic rings. The Balaban J connectivity index is 1.83. The van der Waals surface area contributed by atoms with Crippen LogP contribution in [0.1, 0.15) is 12.5 Å². The van der Waals surface area contributed by atoms with Crippen LogP contribution in [0.2, 0.25) is 0 Å². The molecule has 0 amide bonds. The van der Waals surface area contributed by atoms with Crippen LogP contribution in [-0.2, 0) is 14.9 Å². The number of amidine groups is 1. The Morgan fingerprint density at radius 2 is 2.03 bits per heavy atom. The third-order valence-corrected chi connectivity index (χ3v) is 5.64. The predicted octanol–water partition coefficient (Wildman–Crippen LogP) is 2.31. The van der Waals surface area contributed by atoms with Crippen LogP contribution in [0.15, 0.2) is 53.2 Å². The van der Waals surface area contributed by atoms with Crippen LogP contribution in [0.4, 0.5) is 15.8 Å². The Kier molecular flexibility index (Phi) is 8.08. The van der Waals surface area contributed by atoms with Crippen LogP contribution in [0.25, 0.3) is 6.08 Å². The molecule has 182 valence electrons. The molecule has 0 saturated carbocycles. The zero-order valence-electron chi connectivity index (χ0n) is 18.8. The molecular weight excluding hydrogens is 463 g/mol. The quantitative estimate of drug-likeness (QED) is 0.314. The number of nitrogens with two attached hydrogens (primary N) is 1. The van der Waals surface area contributed by atoms with Gasteiger partial charge in [0.15, 0.2) is 11.6 Å². The third-order valence-electron chi connectivity index (χ3n) is 4.67. The van der Waals surface area contributed by atoms with Crippen LogP contribution < -0.4 is 24.8 Å². The molecule has 0 fully saturated rings. The summed E-state index contributed by atoms with van der Waals surface area (Å²) in [5.74, 6) is 0.326. The zero-order chi connectivity index (χ0) is 24.7. The number of rotatable bonds is 9. The Bertz CT molecular complexity index is 1200. The molecule has 0 bridgehead atoms. The maximum atomic E-state index is 13.1. The molecule has 2 aromatic carbocycles. The predicted molar refractivity (Wildman–Crippen MR) is 131 cm³/mol. The molecule has 1 aliphatic rings. The van der Waals surface area contributed by atoms with E-state index in [2.05, 4.69) is 14.4 Å². The summed E-state index contributed by atoms with van der Waals surface area (Å²) in [6, 6.07) is 10.3. The molecule has 0 aliphatic carbocycles. The van der Waals surface area contributed by atoms with Gasteiger partial charge in [0.25, 0.3) is 0 Å². The first kappa shape index (κ1) is 25.0. The molecule has 1 aliphatic heterocycles. The molecule has 0 radical (unpaired) electrons. The van der Waals surface area contributed by atoms with E-state index in [1.165, 1.54) is 19.2 Å².